The standard InChI is InChI=1S/C27H36N4O4/c32-26(29-23-6-2-1-3-7-23)22-9-11-24(12-10-22)30-27(33)28-20-21-5-4-8-25(19-21)35-18-15-31-13-16-34-17-14-31/h4-5,8-12,19,23H,1-3,6-7,13-18,20H2,(H,29,32)(H2,28,30,33). The molecule has 35 heavy (non-hydrogen) atoms. The highest BCUT2D eigenvalue weighted by molar-refractivity contribution is 5.95. The predicted octanol–water partition coefficient (Wildman–Crippen LogP) is 3.78. The Morgan fingerprint density at radius 1 is 1.00 bits per heavy atom. The van der Waals surface area contributed by atoms with E-state index in [-0.39, 0.29) is 18.0 Å². The number of nitrogens with zero attached hydrogens (tertiary/aromatic N) is 1. The molecule has 1 aliphatic heterocycles. The number of hydrogen-bond acceptors (Lipinski definition) is 5. The molecular formula is C27H36N4O4. The van der Waals surface area contributed by atoms with E-state index in [9.17, 15) is 9.59 Å². The van der Waals surface area contributed by atoms with Gasteiger partial charge in [-0.25, -0.2) is 4.79 Å². The quantitative estimate of drug-likeness (QED) is 0.508. The Hall–Kier alpha value is -3.10. The smallest absolute Gasteiger partial charge is 0.319 e. The Bertz CT molecular complexity index is 954. The van der Waals surface area contributed by atoms with Gasteiger partial charge in [-0.2, -0.15) is 0 Å². The second-order valence-corrected chi connectivity index (χ2v) is 9.14. The van der Waals surface area contributed by atoms with Crippen LogP contribution in [0.4, 0.5) is 10.5 Å². The number of rotatable bonds is 9. The number of carbonyl (C=O) groups is 2. The van der Waals surface area contributed by atoms with Gasteiger partial charge in [-0.05, 0) is 54.8 Å². The summed E-state index contributed by atoms with van der Waals surface area (Å²) in [6.07, 6.45) is 5.71. The monoisotopic (exact) mass is 480 g/mol. The number of urea groups is 1. The van der Waals surface area contributed by atoms with Crippen molar-refractivity contribution in [2.75, 3.05) is 44.8 Å². The molecule has 2 aliphatic rings. The molecule has 2 aromatic rings. The molecule has 8 heteroatoms. The lowest BCUT2D eigenvalue weighted by molar-refractivity contribution is 0.0322. The van der Waals surface area contributed by atoms with Gasteiger partial charge in [0.1, 0.15) is 12.4 Å². The van der Waals surface area contributed by atoms with Crippen molar-refractivity contribution in [3.8, 4) is 5.75 Å². The van der Waals surface area contributed by atoms with Gasteiger partial charge in [-0.1, -0.05) is 31.4 Å². The van der Waals surface area contributed by atoms with Crippen LogP contribution in [-0.2, 0) is 11.3 Å². The Labute approximate surface area is 207 Å². The maximum atomic E-state index is 12.5. The van der Waals surface area contributed by atoms with Crippen LogP contribution in [0, 0.1) is 0 Å². The van der Waals surface area contributed by atoms with Crippen LogP contribution in [0.3, 0.4) is 0 Å². The van der Waals surface area contributed by atoms with Gasteiger partial charge in [-0.3, -0.25) is 9.69 Å². The van der Waals surface area contributed by atoms with Crippen LogP contribution in [0.1, 0.15) is 48.0 Å². The van der Waals surface area contributed by atoms with Gasteiger partial charge in [0, 0.05) is 43.5 Å². The van der Waals surface area contributed by atoms with Crippen LogP contribution < -0.4 is 20.7 Å². The first-order valence-electron chi connectivity index (χ1n) is 12.6. The molecule has 0 unspecified atom stereocenters. The van der Waals surface area contributed by atoms with Gasteiger partial charge in [-0.15, -0.1) is 0 Å². The molecule has 0 aromatic heterocycles. The summed E-state index contributed by atoms with van der Waals surface area (Å²) in [5, 5.41) is 8.79. The molecule has 2 fully saturated rings. The predicted molar refractivity (Wildman–Crippen MR) is 136 cm³/mol. The molecule has 3 N–H and O–H groups in total. The van der Waals surface area contributed by atoms with Gasteiger partial charge in [0.2, 0.25) is 0 Å². The second kappa shape index (κ2) is 13.1. The van der Waals surface area contributed by atoms with Crippen molar-refractivity contribution in [3.05, 3.63) is 59.7 Å². The minimum absolute atomic E-state index is 0.0556. The number of benzene rings is 2. The summed E-state index contributed by atoms with van der Waals surface area (Å²) >= 11 is 0. The highest BCUT2D eigenvalue weighted by Gasteiger charge is 2.16. The van der Waals surface area contributed by atoms with Crippen molar-refractivity contribution < 1.29 is 19.1 Å². The average molecular weight is 481 g/mol. The van der Waals surface area contributed by atoms with E-state index < -0.39 is 0 Å². The number of nitrogens with one attached hydrogen (secondary N) is 3. The largest absolute Gasteiger partial charge is 0.492 e. The molecule has 0 bridgehead atoms. The third-order valence-electron chi connectivity index (χ3n) is 6.48. The van der Waals surface area contributed by atoms with Gasteiger partial charge < -0.3 is 25.4 Å². The number of anilines is 1. The molecule has 3 amide bonds. The van der Waals surface area contributed by atoms with Crippen molar-refractivity contribution in [1.82, 2.24) is 15.5 Å². The van der Waals surface area contributed by atoms with Crippen LogP contribution >= 0.6 is 0 Å². The van der Waals surface area contributed by atoms with Gasteiger partial charge >= 0.3 is 6.03 Å². The molecule has 1 aliphatic carbocycles. The molecule has 1 saturated carbocycles. The average Bonchev–Trinajstić information content (AvgIpc) is 2.89. The summed E-state index contributed by atoms with van der Waals surface area (Å²) in [4.78, 5) is 27.1. The maximum Gasteiger partial charge on any atom is 0.319 e. The zero-order valence-corrected chi connectivity index (χ0v) is 20.3. The Balaban J connectivity index is 1.18. The number of amides is 3. The molecule has 0 atom stereocenters. The molecule has 0 spiro atoms. The second-order valence-electron chi connectivity index (χ2n) is 9.14. The van der Waals surface area contributed by atoms with Crippen molar-refractivity contribution in [2.45, 2.75) is 44.7 Å². The first kappa shape index (κ1) is 25.0. The molecule has 0 radical (unpaired) electrons. The van der Waals surface area contributed by atoms with Crippen molar-refractivity contribution in [2.24, 2.45) is 0 Å². The van der Waals surface area contributed by atoms with E-state index in [1.807, 2.05) is 24.3 Å². The molecule has 1 heterocycles. The lowest BCUT2D eigenvalue weighted by Crippen LogP contribution is -2.38. The highest BCUT2D eigenvalue weighted by Crippen LogP contribution is 2.18. The first-order chi connectivity index (χ1) is 17.2. The van der Waals surface area contributed by atoms with E-state index in [1.54, 1.807) is 24.3 Å². The Morgan fingerprint density at radius 3 is 2.54 bits per heavy atom. The fourth-order valence-electron chi connectivity index (χ4n) is 4.44. The van der Waals surface area contributed by atoms with Crippen LogP contribution in [0.15, 0.2) is 48.5 Å². The van der Waals surface area contributed by atoms with Crippen LogP contribution in [-0.4, -0.2) is 62.3 Å². The van der Waals surface area contributed by atoms with Crippen molar-refractivity contribution in [3.63, 3.8) is 0 Å². The zero-order chi connectivity index (χ0) is 24.3. The minimum atomic E-state index is -0.303. The fourth-order valence-corrected chi connectivity index (χ4v) is 4.44. The molecule has 1 saturated heterocycles. The molecule has 2 aromatic carbocycles. The number of ether oxygens (including phenoxy) is 2. The first-order valence-corrected chi connectivity index (χ1v) is 12.6. The third-order valence-corrected chi connectivity index (χ3v) is 6.48. The zero-order valence-electron chi connectivity index (χ0n) is 20.3. The molecule has 4 rings (SSSR count). The van der Waals surface area contributed by atoms with Gasteiger partial charge in [0.05, 0.1) is 13.2 Å². The van der Waals surface area contributed by atoms with E-state index in [4.69, 9.17) is 9.47 Å². The van der Waals surface area contributed by atoms with Crippen molar-refractivity contribution in [1.29, 1.82) is 0 Å². The van der Waals surface area contributed by atoms with E-state index >= 15 is 0 Å². The molecule has 188 valence electrons. The SMILES string of the molecule is O=C(NCc1cccc(OCCN2CCOCC2)c1)Nc1ccc(C(=O)NC2CCCCC2)cc1. The highest BCUT2D eigenvalue weighted by atomic mass is 16.5. The summed E-state index contributed by atoms with van der Waals surface area (Å²) in [6.45, 7) is 5.32. The van der Waals surface area contributed by atoms with E-state index in [2.05, 4.69) is 20.9 Å². The van der Waals surface area contributed by atoms with E-state index in [1.165, 1.54) is 19.3 Å². The van der Waals surface area contributed by atoms with Gasteiger partial charge in [0.15, 0.2) is 0 Å². The summed E-state index contributed by atoms with van der Waals surface area (Å²) < 4.78 is 11.3. The lowest BCUT2D eigenvalue weighted by atomic mass is 9.95. The fraction of sp³-hybridized carbons (Fsp3) is 0.481. The summed E-state index contributed by atoms with van der Waals surface area (Å²) in [5.74, 6) is 0.736. The summed E-state index contributed by atoms with van der Waals surface area (Å²) in [6, 6.07) is 14.7. The summed E-state index contributed by atoms with van der Waals surface area (Å²) in [5.41, 5.74) is 2.20. The van der Waals surface area contributed by atoms with Crippen LogP contribution in [0.2, 0.25) is 0 Å². The molecular weight excluding hydrogens is 444 g/mol. The normalized spacial score (nSPS) is 16.9. The number of morpholine rings is 1. The topological polar surface area (TPSA) is 91.9 Å². The van der Waals surface area contributed by atoms with E-state index in [0.29, 0.717) is 24.4 Å². The van der Waals surface area contributed by atoms with Crippen LogP contribution in [0.5, 0.6) is 5.75 Å². The minimum Gasteiger partial charge on any atom is -0.492 e. The van der Waals surface area contributed by atoms with Crippen molar-refractivity contribution >= 4 is 17.6 Å². The third kappa shape index (κ3) is 8.26. The number of carbonyl (C=O) groups excluding carboxylic acids is 2. The maximum absolute atomic E-state index is 12.5. The van der Waals surface area contributed by atoms with E-state index in [0.717, 1.165) is 57.0 Å². The van der Waals surface area contributed by atoms with Crippen LogP contribution in [0.25, 0.3) is 0 Å². The summed E-state index contributed by atoms with van der Waals surface area (Å²) in [7, 11) is 0. The Kier molecular flexibility index (Phi) is 9.37. The lowest BCUT2D eigenvalue weighted by Gasteiger charge is -2.26. The Morgan fingerprint density at radius 2 is 1.77 bits per heavy atom. The number of hydrogen-bond donors (Lipinski definition) is 3. The van der Waals surface area contributed by atoms with Gasteiger partial charge in [0.25, 0.3) is 5.91 Å². The molecule has 8 nitrogen and oxygen atoms in total.